The van der Waals surface area contributed by atoms with E-state index in [4.69, 9.17) is 18.0 Å². The quantitative estimate of drug-likeness (QED) is 0.191. The van der Waals surface area contributed by atoms with E-state index in [9.17, 15) is 4.79 Å². The number of nitrogens with zero attached hydrogens (tertiary/aromatic N) is 1. The number of hydrogen-bond donors (Lipinski definition) is 0. The van der Waals surface area contributed by atoms with Crippen molar-refractivity contribution in [3.8, 4) is 0 Å². The van der Waals surface area contributed by atoms with Gasteiger partial charge in [-0.2, -0.15) is 0 Å². The molecule has 0 saturated heterocycles. The summed E-state index contributed by atoms with van der Waals surface area (Å²) in [6.07, 6.45) is 0.872. The van der Waals surface area contributed by atoms with Crippen LogP contribution in [0.3, 0.4) is 0 Å². The standard InChI is InChI=1S/C14H30NO5Si/c1-8-15(4,12-20-14(16)13(2)3)10-9-11-21(17-5,18-6)19-7/h2,8-12H2,1,3-7H3/q+1. The molecule has 1 unspecified atom stereocenters. The molecule has 0 radical (unpaired) electrons. The number of quaternary nitrogens is 1. The zero-order valence-corrected chi connectivity index (χ0v) is 15.2. The molecule has 1 atom stereocenters. The number of hydrogen-bond acceptors (Lipinski definition) is 5. The van der Waals surface area contributed by atoms with Crippen molar-refractivity contribution in [2.24, 2.45) is 0 Å². The lowest BCUT2D eigenvalue weighted by Crippen LogP contribution is -2.48. The Kier molecular flexibility index (Phi) is 8.99. The van der Waals surface area contributed by atoms with Crippen LogP contribution in [0.25, 0.3) is 0 Å². The van der Waals surface area contributed by atoms with Crippen LogP contribution >= 0.6 is 0 Å². The van der Waals surface area contributed by atoms with Gasteiger partial charge in [0.05, 0.1) is 20.1 Å². The largest absolute Gasteiger partial charge is 0.500 e. The minimum absolute atomic E-state index is 0.337. The van der Waals surface area contributed by atoms with Crippen LogP contribution in [-0.2, 0) is 22.8 Å². The monoisotopic (exact) mass is 320 g/mol. The molecule has 0 aliphatic carbocycles. The summed E-state index contributed by atoms with van der Waals surface area (Å²) in [7, 11) is 4.37. The lowest BCUT2D eigenvalue weighted by Gasteiger charge is -2.33. The van der Waals surface area contributed by atoms with Crippen LogP contribution in [0.4, 0.5) is 0 Å². The van der Waals surface area contributed by atoms with E-state index in [0.717, 1.165) is 25.6 Å². The van der Waals surface area contributed by atoms with Crippen LogP contribution < -0.4 is 0 Å². The maximum Gasteiger partial charge on any atom is 0.500 e. The molecule has 0 aromatic rings. The molecule has 0 N–H and O–H groups in total. The van der Waals surface area contributed by atoms with Crippen LogP contribution in [0, 0.1) is 0 Å². The molecule has 124 valence electrons. The number of ether oxygens (including phenoxy) is 1. The van der Waals surface area contributed by atoms with Gasteiger partial charge in [-0.1, -0.05) is 6.58 Å². The fourth-order valence-electron chi connectivity index (χ4n) is 1.89. The molecule has 0 amide bonds. The zero-order valence-electron chi connectivity index (χ0n) is 14.2. The molecule has 0 heterocycles. The van der Waals surface area contributed by atoms with Crippen molar-refractivity contribution in [2.45, 2.75) is 26.3 Å². The van der Waals surface area contributed by atoms with Crippen LogP contribution in [0.1, 0.15) is 20.3 Å². The average molecular weight is 320 g/mol. The number of carbonyl (C=O) groups excluding carboxylic acids is 1. The Hall–Kier alpha value is -0.733. The van der Waals surface area contributed by atoms with Gasteiger partial charge in [-0.15, -0.1) is 0 Å². The molecule has 0 aromatic carbocycles. The highest BCUT2D eigenvalue weighted by atomic mass is 28.4. The molecule has 0 rings (SSSR count). The zero-order chi connectivity index (χ0) is 16.5. The molecule has 0 aromatic heterocycles. The van der Waals surface area contributed by atoms with E-state index in [1.807, 2.05) is 0 Å². The highest BCUT2D eigenvalue weighted by Gasteiger charge is 2.38. The lowest BCUT2D eigenvalue weighted by molar-refractivity contribution is -0.924. The Morgan fingerprint density at radius 2 is 1.71 bits per heavy atom. The third kappa shape index (κ3) is 6.71. The summed E-state index contributed by atoms with van der Waals surface area (Å²) >= 11 is 0. The van der Waals surface area contributed by atoms with Crippen molar-refractivity contribution in [3.63, 3.8) is 0 Å². The molecular formula is C14H30NO5Si+. The van der Waals surface area contributed by atoms with Gasteiger partial charge in [0.2, 0.25) is 6.73 Å². The van der Waals surface area contributed by atoms with Gasteiger partial charge in [-0.25, -0.2) is 4.79 Å². The molecule has 0 aliphatic rings. The van der Waals surface area contributed by atoms with Crippen molar-refractivity contribution in [3.05, 3.63) is 12.2 Å². The Bertz CT molecular complexity index is 338. The number of esters is 1. The Labute approximate surface area is 129 Å². The summed E-state index contributed by atoms with van der Waals surface area (Å²) in [5.41, 5.74) is 0.419. The fraction of sp³-hybridized carbons (Fsp3) is 0.786. The maximum atomic E-state index is 11.5. The summed E-state index contributed by atoms with van der Waals surface area (Å²) < 4.78 is 22.1. The molecule has 21 heavy (non-hydrogen) atoms. The van der Waals surface area contributed by atoms with Crippen molar-refractivity contribution < 1.29 is 27.3 Å². The van der Waals surface area contributed by atoms with E-state index in [1.54, 1.807) is 28.3 Å². The van der Waals surface area contributed by atoms with E-state index in [-0.39, 0.29) is 5.97 Å². The molecule has 7 heteroatoms. The smallest absolute Gasteiger partial charge is 0.412 e. The van der Waals surface area contributed by atoms with E-state index in [1.165, 1.54) is 0 Å². The minimum atomic E-state index is -2.52. The topological polar surface area (TPSA) is 54.0 Å². The third-order valence-corrected chi connectivity index (χ3v) is 6.57. The summed E-state index contributed by atoms with van der Waals surface area (Å²) in [5.74, 6) is -0.345. The predicted molar refractivity (Wildman–Crippen MR) is 83.6 cm³/mol. The van der Waals surface area contributed by atoms with Crippen LogP contribution in [0.2, 0.25) is 6.04 Å². The summed E-state index contributed by atoms with van der Waals surface area (Å²) in [6.45, 7) is 9.36. The second-order valence-electron chi connectivity index (χ2n) is 5.40. The summed E-state index contributed by atoms with van der Waals surface area (Å²) in [4.78, 5) is 11.5. The highest BCUT2D eigenvalue weighted by molar-refractivity contribution is 6.60. The van der Waals surface area contributed by atoms with Crippen LogP contribution in [0.15, 0.2) is 12.2 Å². The molecule has 6 nitrogen and oxygen atoms in total. The van der Waals surface area contributed by atoms with Gasteiger partial charge >= 0.3 is 14.8 Å². The van der Waals surface area contributed by atoms with Gasteiger partial charge in [0.1, 0.15) is 0 Å². The molecule has 0 aliphatic heterocycles. The lowest BCUT2D eigenvalue weighted by atomic mass is 10.3. The Morgan fingerprint density at radius 3 is 2.10 bits per heavy atom. The van der Waals surface area contributed by atoms with Crippen molar-refractivity contribution >= 4 is 14.8 Å². The van der Waals surface area contributed by atoms with Crippen molar-refractivity contribution in [1.29, 1.82) is 0 Å². The van der Waals surface area contributed by atoms with E-state index in [2.05, 4.69) is 20.6 Å². The predicted octanol–water partition coefficient (Wildman–Crippen LogP) is 1.80. The van der Waals surface area contributed by atoms with Crippen LogP contribution in [-0.4, -0.2) is 67.5 Å². The Balaban J connectivity index is 4.42. The van der Waals surface area contributed by atoms with Gasteiger partial charge in [0.25, 0.3) is 0 Å². The first kappa shape index (κ1) is 20.3. The minimum Gasteiger partial charge on any atom is -0.412 e. The normalized spacial score (nSPS) is 14.6. The maximum absolute atomic E-state index is 11.5. The number of carbonyl (C=O) groups is 1. The molecule has 0 bridgehead atoms. The van der Waals surface area contributed by atoms with Gasteiger partial charge < -0.3 is 18.0 Å². The van der Waals surface area contributed by atoms with E-state index in [0.29, 0.717) is 16.8 Å². The van der Waals surface area contributed by atoms with Gasteiger partial charge in [-0.05, 0) is 13.8 Å². The third-order valence-electron chi connectivity index (χ3n) is 3.73. The summed E-state index contributed by atoms with van der Waals surface area (Å²) in [5, 5.41) is 0. The van der Waals surface area contributed by atoms with Gasteiger partial charge in [0.15, 0.2) is 0 Å². The highest BCUT2D eigenvalue weighted by Crippen LogP contribution is 2.17. The first-order valence-corrected chi connectivity index (χ1v) is 9.03. The fourth-order valence-corrected chi connectivity index (χ4v) is 3.59. The summed E-state index contributed by atoms with van der Waals surface area (Å²) in [6, 6.07) is 0.735. The Morgan fingerprint density at radius 1 is 1.19 bits per heavy atom. The number of rotatable bonds is 11. The molecule has 0 fully saturated rings. The second kappa shape index (κ2) is 9.32. The van der Waals surface area contributed by atoms with Gasteiger partial charge in [-0.3, -0.25) is 4.48 Å². The average Bonchev–Trinajstić information content (AvgIpc) is 2.49. The van der Waals surface area contributed by atoms with E-state index < -0.39 is 8.80 Å². The molecule has 0 saturated carbocycles. The van der Waals surface area contributed by atoms with E-state index >= 15 is 0 Å². The second-order valence-corrected chi connectivity index (χ2v) is 8.49. The molecular weight excluding hydrogens is 290 g/mol. The van der Waals surface area contributed by atoms with Crippen LogP contribution in [0.5, 0.6) is 0 Å². The van der Waals surface area contributed by atoms with Crippen molar-refractivity contribution in [2.75, 3.05) is 48.2 Å². The first-order chi connectivity index (χ1) is 9.78. The van der Waals surface area contributed by atoms with Crippen molar-refractivity contribution in [1.82, 2.24) is 0 Å². The SMILES string of the molecule is C=C(C)C(=O)OC[N+](C)(CC)CCC[Si](OC)(OC)OC. The molecule has 0 spiro atoms. The first-order valence-electron chi connectivity index (χ1n) is 7.09. The van der Waals surface area contributed by atoms with Gasteiger partial charge in [0, 0.05) is 39.4 Å².